The molecular weight excluding hydrogens is 322 g/mol. The summed E-state index contributed by atoms with van der Waals surface area (Å²) in [5, 5.41) is 12.7. The number of ether oxygens (including phenoxy) is 1. The van der Waals surface area contributed by atoms with Gasteiger partial charge in [0.15, 0.2) is 0 Å². The van der Waals surface area contributed by atoms with E-state index >= 15 is 0 Å². The van der Waals surface area contributed by atoms with Crippen molar-refractivity contribution in [3.05, 3.63) is 90.5 Å². The molecule has 0 unspecified atom stereocenters. The van der Waals surface area contributed by atoms with Crippen molar-refractivity contribution in [2.24, 2.45) is 4.99 Å². The first-order chi connectivity index (χ1) is 12.8. The Balaban J connectivity index is 1.89. The van der Waals surface area contributed by atoms with E-state index in [0.717, 1.165) is 27.6 Å². The molecule has 3 heteroatoms. The number of aliphatic imine (C=N–C) groups is 1. The zero-order valence-corrected chi connectivity index (χ0v) is 13.9. The van der Waals surface area contributed by atoms with Crippen LogP contribution >= 0.6 is 0 Å². The van der Waals surface area contributed by atoms with Crippen LogP contribution in [0.1, 0.15) is 5.56 Å². The summed E-state index contributed by atoms with van der Waals surface area (Å²) in [6, 6.07) is 27.3. The van der Waals surface area contributed by atoms with Gasteiger partial charge in [-0.15, -0.1) is 0 Å². The maximum atomic E-state index is 10.6. The van der Waals surface area contributed by atoms with Gasteiger partial charge in [0.2, 0.25) is 5.90 Å². The van der Waals surface area contributed by atoms with E-state index in [9.17, 15) is 5.11 Å². The first-order valence-corrected chi connectivity index (χ1v) is 8.47. The second-order valence-corrected chi connectivity index (χ2v) is 6.22. The van der Waals surface area contributed by atoms with E-state index in [1.165, 1.54) is 0 Å². The van der Waals surface area contributed by atoms with Crippen LogP contribution in [0.5, 0.6) is 11.5 Å². The van der Waals surface area contributed by atoms with Crippen molar-refractivity contribution in [2.75, 3.05) is 0 Å². The molecule has 1 aliphatic rings. The van der Waals surface area contributed by atoms with E-state index in [-0.39, 0.29) is 5.75 Å². The van der Waals surface area contributed by atoms with Crippen LogP contribution in [0.4, 0.5) is 5.69 Å². The Morgan fingerprint density at radius 2 is 1.50 bits per heavy atom. The standard InChI is InChI=1S/C23H15NO2/c25-19-11-6-12-20-22(19)21-17-10-5-4-7-15(17)13-14-18(21)24-23(26-20)16-8-2-1-3-9-16/h1-14,25H. The van der Waals surface area contributed by atoms with Gasteiger partial charge in [0.1, 0.15) is 11.5 Å². The van der Waals surface area contributed by atoms with Gasteiger partial charge in [-0.1, -0.05) is 54.6 Å². The Bertz CT molecular complexity index is 1160. The van der Waals surface area contributed by atoms with Gasteiger partial charge in [-0.25, -0.2) is 4.99 Å². The molecule has 0 spiro atoms. The molecule has 4 aromatic rings. The molecule has 3 nitrogen and oxygen atoms in total. The number of phenols is 1. The molecule has 1 heterocycles. The number of rotatable bonds is 1. The van der Waals surface area contributed by atoms with Crippen molar-refractivity contribution in [3.8, 4) is 22.6 Å². The maximum Gasteiger partial charge on any atom is 0.227 e. The molecule has 1 aliphatic heterocycles. The van der Waals surface area contributed by atoms with Crippen LogP contribution in [0.2, 0.25) is 0 Å². The number of hydrogen-bond donors (Lipinski definition) is 1. The number of phenolic OH excluding ortho intramolecular Hbond substituents is 1. The quantitative estimate of drug-likeness (QED) is 0.485. The zero-order valence-electron chi connectivity index (χ0n) is 13.9. The van der Waals surface area contributed by atoms with Gasteiger partial charge in [0.05, 0.1) is 11.3 Å². The Hall–Kier alpha value is -3.59. The van der Waals surface area contributed by atoms with E-state index in [2.05, 4.69) is 6.07 Å². The summed E-state index contributed by atoms with van der Waals surface area (Å²) in [6.07, 6.45) is 0. The predicted molar refractivity (Wildman–Crippen MR) is 104 cm³/mol. The smallest absolute Gasteiger partial charge is 0.227 e. The van der Waals surface area contributed by atoms with Crippen LogP contribution in [-0.2, 0) is 0 Å². The number of fused-ring (bicyclic) bond motifs is 5. The minimum absolute atomic E-state index is 0.185. The molecule has 0 radical (unpaired) electrons. The highest BCUT2D eigenvalue weighted by atomic mass is 16.5. The number of aromatic hydroxyl groups is 1. The average Bonchev–Trinajstić information content (AvgIpc) is 2.86. The van der Waals surface area contributed by atoms with Gasteiger partial charge >= 0.3 is 0 Å². The summed E-state index contributed by atoms with van der Waals surface area (Å²) in [6.45, 7) is 0. The lowest BCUT2D eigenvalue weighted by Crippen LogP contribution is -2.09. The fourth-order valence-corrected chi connectivity index (χ4v) is 3.41. The van der Waals surface area contributed by atoms with Crippen molar-refractivity contribution in [3.63, 3.8) is 0 Å². The third-order valence-electron chi connectivity index (χ3n) is 4.61. The first-order valence-electron chi connectivity index (χ1n) is 8.47. The second kappa shape index (κ2) is 5.74. The van der Waals surface area contributed by atoms with E-state index in [1.54, 1.807) is 12.1 Å². The molecule has 0 bridgehead atoms. The number of nitrogens with zero attached hydrogens (tertiary/aromatic N) is 1. The average molecular weight is 337 g/mol. The molecule has 26 heavy (non-hydrogen) atoms. The highest BCUT2D eigenvalue weighted by molar-refractivity contribution is 6.09. The third kappa shape index (κ3) is 2.25. The Kier molecular flexibility index (Phi) is 3.25. The molecule has 124 valence electrons. The van der Waals surface area contributed by atoms with E-state index in [1.807, 2.05) is 66.7 Å². The van der Waals surface area contributed by atoms with Gasteiger partial charge in [-0.2, -0.15) is 0 Å². The predicted octanol–water partition coefficient (Wildman–Crippen LogP) is 5.68. The highest BCUT2D eigenvalue weighted by Crippen LogP contribution is 2.47. The number of benzene rings is 4. The summed E-state index contributed by atoms with van der Waals surface area (Å²) in [7, 11) is 0. The number of hydrogen-bond acceptors (Lipinski definition) is 3. The Morgan fingerprint density at radius 1 is 0.692 bits per heavy atom. The molecule has 1 N–H and O–H groups in total. The van der Waals surface area contributed by atoms with Gasteiger partial charge in [0.25, 0.3) is 0 Å². The van der Waals surface area contributed by atoms with Crippen LogP contribution in [0.15, 0.2) is 89.9 Å². The second-order valence-electron chi connectivity index (χ2n) is 6.22. The van der Waals surface area contributed by atoms with Crippen molar-refractivity contribution >= 4 is 22.4 Å². The summed E-state index contributed by atoms with van der Waals surface area (Å²) in [5.74, 6) is 1.30. The minimum atomic E-state index is 0.185. The first kappa shape index (κ1) is 14.7. The van der Waals surface area contributed by atoms with Gasteiger partial charge in [-0.3, -0.25) is 0 Å². The molecule has 0 saturated heterocycles. The lowest BCUT2D eigenvalue weighted by atomic mass is 9.95. The van der Waals surface area contributed by atoms with Gasteiger partial charge < -0.3 is 9.84 Å². The monoisotopic (exact) mass is 337 g/mol. The van der Waals surface area contributed by atoms with Gasteiger partial charge in [-0.05, 0) is 41.1 Å². The summed E-state index contributed by atoms with van der Waals surface area (Å²) in [4.78, 5) is 4.80. The topological polar surface area (TPSA) is 41.8 Å². The van der Waals surface area contributed by atoms with Crippen molar-refractivity contribution in [1.82, 2.24) is 0 Å². The molecule has 0 aromatic heterocycles. The lowest BCUT2D eigenvalue weighted by Gasteiger charge is -2.13. The van der Waals surface area contributed by atoms with Gasteiger partial charge in [0, 0.05) is 11.1 Å². The van der Waals surface area contributed by atoms with Crippen molar-refractivity contribution in [2.45, 2.75) is 0 Å². The maximum absolute atomic E-state index is 10.6. The van der Waals surface area contributed by atoms with Crippen molar-refractivity contribution in [1.29, 1.82) is 0 Å². The SMILES string of the molecule is Oc1cccc2c1-c1c(ccc3ccccc13)N=C(c1ccccc1)O2. The molecule has 0 atom stereocenters. The Labute approximate surface area is 150 Å². The fourth-order valence-electron chi connectivity index (χ4n) is 3.41. The summed E-state index contributed by atoms with van der Waals surface area (Å²) < 4.78 is 6.15. The lowest BCUT2D eigenvalue weighted by molar-refractivity contribution is 0.472. The van der Waals surface area contributed by atoms with Crippen LogP contribution in [0, 0.1) is 0 Å². The molecule has 0 aliphatic carbocycles. The molecule has 5 rings (SSSR count). The molecule has 4 aromatic carbocycles. The van der Waals surface area contributed by atoms with Crippen LogP contribution in [-0.4, -0.2) is 11.0 Å². The van der Waals surface area contributed by atoms with E-state index in [0.29, 0.717) is 17.2 Å². The Morgan fingerprint density at radius 3 is 2.38 bits per heavy atom. The van der Waals surface area contributed by atoms with E-state index < -0.39 is 0 Å². The third-order valence-corrected chi connectivity index (χ3v) is 4.61. The summed E-state index contributed by atoms with van der Waals surface area (Å²) >= 11 is 0. The highest BCUT2D eigenvalue weighted by Gasteiger charge is 2.23. The van der Waals surface area contributed by atoms with Crippen LogP contribution < -0.4 is 4.74 Å². The summed E-state index contributed by atoms with van der Waals surface area (Å²) in [5.41, 5.74) is 3.24. The van der Waals surface area contributed by atoms with E-state index in [4.69, 9.17) is 9.73 Å². The van der Waals surface area contributed by atoms with Crippen molar-refractivity contribution < 1.29 is 9.84 Å². The van der Waals surface area contributed by atoms with Crippen LogP contribution in [0.25, 0.3) is 21.9 Å². The minimum Gasteiger partial charge on any atom is -0.507 e. The fraction of sp³-hybridized carbons (Fsp3) is 0. The largest absolute Gasteiger partial charge is 0.507 e. The molecule has 0 fully saturated rings. The normalized spacial score (nSPS) is 12.5. The zero-order chi connectivity index (χ0) is 17.5. The molecule has 0 saturated carbocycles. The molecule has 0 amide bonds. The molecular formula is C23H15NO2. The van der Waals surface area contributed by atoms with Crippen LogP contribution in [0.3, 0.4) is 0 Å².